The number of piperidine rings is 1. The summed E-state index contributed by atoms with van der Waals surface area (Å²) in [6.07, 6.45) is 4.21. The zero-order valence-electron chi connectivity index (χ0n) is 18.0. The number of aromatic nitrogens is 2. The van der Waals surface area contributed by atoms with Gasteiger partial charge in [0.15, 0.2) is 0 Å². The molecule has 4 rings (SSSR count). The van der Waals surface area contributed by atoms with Crippen molar-refractivity contribution in [3.05, 3.63) is 54.2 Å². The first-order valence-corrected chi connectivity index (χ1v) is 10.8. The van der Waals surface area contributed by atoms with Gasteiger partial charge in [0.1, 0.15) is 17.4 Å². The lowest BCUT2D eigenvalue weighted by Crippen LogP contribution is -2.41. The molecule has 162 valence electrons. The number of carbonyl (C=O) groups excluding carboxylic acids is 1. The number of primary amides is 1. The van der Waals surface area contributed by atoms with Crippen LogP contribution in [0, 0.1) is 0 Å². The predicted molar refractivity (Wildman–Crippen MR) is 123 cm³/mol. The Morgan fingerprint density at radius 1 is 1.23 bits per heavy atom. The first-order valence-electron chi connectivity index (χ1n) is 10.8. The number of rotatable bonds is 7. The van der Waals surface area contributed by atoms with Crippen molar-refractivity contribution in [2.24, 2.45) is 5.73 Å². The van der Waals surface area contributed by atoms with Crippen LogP contribution in [-0.4, -0.2) is 46.0 Å². The smallest absolute Gasteiger partial charge is 0.227 e. The molecule has 0 unspecified atom stereocenters. The molecule has 3 N–H and O–H groups in total. The van der Waals surface area contributed by atoms with Gasteiger partial charge < -0.3 is 20.7 Å². The van der Waals surface area contributed by atoms with Gasteiger partial charge in [-0.15, -0.1) is 0 Å². The number of nitrogens with zero attached hydrogens (tertiary/aromatic N) is 3. The van der Waals surface area contributed by atoms with Crippen LogP contribution in [0.4, 0.5) is 11.6 Å². The number of likely N-dealkylation sites (tertiary alicyclic amines) is 1. The van der Waals surface area contributed by atoms with Crippen molar-refractivity contribution in [1.29, 1.82) is 0 Å². The highest BCUT2D eigenvalue weighted by Gasteiger charge is 2.22. The molecule has 0 bridgehead atoms. The Balaban J connectivity index is 1.52. The van der Waals surface area contributed by atoms with Crippen LogP contribution in [0.5, 0.6) is 5.75 Å². The molecular weight excluding hydrogens is 390 g/mol. The van der Waals surface area contributed by atoms with Gasteiger partial charge in [0.25, 0.3) is 0 Å². The molecule has 1 aliphatic rings. The summed E-state index contributed by atoms with van der Waals surface area (Å²) in [6.45, 7) is 6.58. The van der Waals surface area contributed by atoms with Crippen LogP contribution in [-0.2, 0) is 11.2 Å². The van der Waals surface area contributed by atoms with Crippen LogP contribution < -0.4 is 15.8 Å². The van der Waals surface area contributed by atoms with Gasteiger partial charge in [-0.05, 0) is 50.5 Å². The molecule has 7 heteroatoms. The van der Waals surface area contributed by atoms with Gasteiger partial charge in [0.05, 0.1) is 6.42 Å². The fourth-order valence-corrected chi connectivity index (χ4v) is 3.96. The maximum absolute atomic E-state index is 11.2. The number of carbonyl (C=O) groups is 1. The SMILES string of the molecule is CC(C)N1CCC(Oc2cccc3cnc(Nc4cccc(CC(N)=O)c4)nc23)CC1. The Morgan fingerprint density at radius 2 is 2.00 bits per heavy atom. The Kier molecular flexibility index (Phi) is 6.32. The van der Waals surface area contributed by atoms with E-state index in [0.29, 0.717) is 12.0 Å². The minimum atomic E-state index is -0.361. The standard InChI is InChI=1S/C24H29N5O2/c1-16(2)29-11-9-20(10-12-29)31-21-8-4-6-18-15-26-24(28-23(18)21)27-19-7-3-5-17(13-19)14-22(25)30/h3-8,13,15-16,20H,9-12,14H2,1-2H3,(H2,25,30)(H,26,27,28). The highest BCUT2D eigenvalue weighted by Crippen LogP contribution is 2.28. The zero-order chi connectivity index (χ0) is 21.8. The maximum Gasteiger partial charge on any atom is 0.227 e. The van der Waals surface area contributed by atoms with Crippen LogP contribution >= 0.6 is 0 Å². The Hall–Kier alpha value is -3.19. The molecule has 1 fully saturated rings. The van der Waals surface area contributed by atoms with E-state index in [1.54, 1.807) is 6.20 Å². The topological polar surface area (TPSA) is 93.4 Å². The summed E-state index contributed by atoms with van der Waals surface area (Å²) in [7, 11) is 0. The van der Waals surface area contributed by atoms with Crippen LogP contribution in [0.2, 0.25) is 0 Å². The Morgan fingerprint density at radius 3 is 2.74 bits per heavy atom. The van der Waals surface area contributed by atoms with Gasteiger partial charge in [-0.25, -0.2) is 9.97 Å². The predicted octanol–water partition coefficient (Wildman–Crippen LogP) is 3.65. The molecule has 1 aliphatic heterocycles. The Bertz CT molecular complexity index is 1060. The van der Waals surface area contributed by atoms with Crippen molar-refractivity contribution in [2.75, 3.05) is 18.4 Å². The molecule has 0 atom stereocenters. The molecule has 0 aliphatic carbocycles. The third-order valence-corrected chi connectivity index (χ3v) is 5.64. The number of hydrogen-bond acceptors (Lipinski definition) is 6. The van der Waals surface area contributed by atoms with E-state index in [0.717, 1.165) is 53.8 Å². The van der Waals surface area contributed by atoms with Gasteiger partial charge in [-0.3, -0.25) is 4.79 Å². The summed E-state index contributed by atoms with van der Waals surface area (Å²) in [6, 6.07) is 14.0. The number of ether oxygens (including phenoxy) is 1. The van der Waals surface area contributed by atoms with Gasteiger partial charge in [-0.2, -0.15) is 0 Å². The highest BCUT2D eigenvalue weighted by atomic mass is 16.5. The number of hydrogen-bond donors (Lipinski definition) is 2. The number of anilines is 2. The molecule has 1 saturated heterocycles. The summed E-state index contributed by atoms with van der Waals surface area (Å²) in [5.41, 5.74) is 7.74. The number of fused-ring (bicyclic) bond motifs is 1. The average molecular weight is 420 g/mol. The van der Waals surface area contributed by atoms with E-state index in [1.165, 1.54) is 0 Å². The van der Waals surface area contributed by atoms with E-state index in [4.69, 9.17) is 15.5 Å². The minimum Gasteiger partial charge on any atom is -0.488 e. The van der Waals surface area contributed by atoms with E-state index in [1.807, 2.05) is 42.5 Å². The normalized spacial score (nSPS) is 15.3. The third-order valence-electron chi connectivity index (χ3n) is 5.64. The quantitative estimate of drug-likeness (QED) is 0.607. The van der Waals surface area contributed by atoms with Gasteiger partial charge in [-0.1, -0.05) is 24.3 Å². The molecule has 1 amide bonds. The van der Waals surface area contributed by atoms with Gasteiger partial charge in [0, 0.05) is 36.4 Å². The number of para-hydroxylation sites is 1. The lowest BCUT2D eigenvalue weighted by molar-refractivity contribution is -0.117. The molecule has 0 radical (unpaired) electrons. The lowest BCUT2D eigenvalue weighted by Gasteiger charge is -2.34. The second kappa shape index (κ2) is 9.31. The number of benzene rings is 2. The molecule has 7 nitrogen and oxygen atoms in total. The van der Waals surface area contributed by atoms with E-state index in [-0.39, 0.29) is 18.4 Å². The first-order chi connectivity index (χ1) is 15.0. The van der Waals surface area contributed by atoms with Gasteiger partial charge in [0.2, 0.25) is 11.9 Å². The van der Waals surface area contributed by atoms with E-state index < -0.39 is 0 Å². The highest BCUT2D eigenvalue weighted by molar-refractivity contribution is 5.85. The first kappa shape index (κ1) is 21.1. The number of nitrogens with one attached hydrogen (secondary N) is 1. The second-order valence-electron chi connectivity index (χ2n) is 8.30. The van der Waals surface area contributed by atoms with Crippen LogP contribution in [0.1, 0.15) is 32.3 Å². The summed E-state index contributed by atoms with van der Waals surface area (Å²) in [4.78, 5) is 22.8. The van der Waals surface area contributed by atoms with Crippen LogP contribution in [0.25, 0.3) is 10.9 Å². The summed E-state index contributed by atoms with van der Waals surface area (Å²) in [5.74, 6) is 0.906. The maximum atomic E-state index is 11.2. The van der Waals surface area contributed by atoms with Crippen molar-refractivity contribution in [1.82, 2.24) is 14.9 Å². The number of amides is 1. The van der Waals surface area contributed by atoms with Crippen molar-refractivity contribution < 1.29 is 9.53 Å². The van der Waals surface area contributed by atoms with Crippen LogP contribution in [0.3, 0.4) is 0 Å². The molecule has 3 aromatic rings. The molecule has 0 saturated carbocycles. The largest absolute Gasteiger partial charge is 0.488 e. The Labute approximate surface area is 182 Å². The van der Waals surface area contributed by atoms with Crippen molar-refractivity contribution in [2.45, 2.75) is 45.3 Å². The average Bonchev–Trinajstić information content (AvgIpc) is 2.74. The minimum absolute atomic E-state index is 0.192. The van der Waals surface area contributed by atoms with Crippen molar-refractivity contribution >= 4 is 28.4 Å². The fourth-order valence-electron chi connectivity index (χ4n) is 3.96. The molecule has 2 heterocycles. The zero-order valence-corrected chi connectivity index (χ0v) is 18.0. The molecule has 31 heavy (non-hydrogen) atoms. The van der Waals surface area contributed by atoms with E-state index >= 15 is 0 Å². The van der Waals surface area contributed by atoms with Crippen LogP contribution in [0.15, 0.2) is 48.7 Å². The fraction of sp³-hybridized carbons (Fsp3) is 0.375. The second-order valence-corrected chi connectivity index (χ2v) is 8.30. The molecular formula is C24H29N5O2. The van der Waals surface area contributed by atoms with E-state index in [2.05, 4.69) is 29.0 Å². The molecule has 2 aromatic carbocycles. The van der Waals surface area contributed by atoms with Crippen molar-refractivity contribution in [3.63, 3.8) is 0 Å². The lowest BCUT2D eigenvalue weighted by atomic mass is 10.1. The molecule has 0 spiro atoms. The van der Waals surface area contributed by atoms with Crippen molar-refractivity contribution in [3.8, 4) is 5.75 Å². The molecule has 1 aromatic heterocycles. The summed E-state index contributed by atoms with van der Waals surface area (Å²) >= 11 is 0. The van der Waals surface area contributed by atoms with E-state index in [9.17, 15) is 4.79 Å². The summed E-state index contributed by atoms with van der Waals surface area (Å²) < 4.78 is 6.37. The number of nitrogens with two attached hydrogens (primary N) is 1. The third kappa shape index (κ3) is 5.30. The van der Waals surface area contributed by atoms with Gasteiger partial charge >= 0.3 is 0 Å². The monoisotopic (exact) mass is 419 g/mol. The summed E-state index contributed by atoms with van der Waals surface area (Å²) in [5, 5.41) is 4.16.